The third-order valence-corrected chi connectivity index (χ3v) is 4.08. The molecule has 0 aromatic heterocycles. The maximum Gasteiger partial charge on any atom is 0.340 e. The highest BCUT2D eigenvalue weighted by molar-refractivity contribution is 6.43. The summed E-state index contributed by atoms with van der Waals surface area (Å²) in [6.45, 7) is 2.06. The van der Waals surface area contributed by atoms with Crippen molar-refractivity contribution in [3.8, 4) is 5.75 Å². The third-order valence-electron chi connectivity index (χ3n) is 4.08. The number of esters is 1. The van der Waals surface area contributed by atoms with Crippen LogP contribution in [0.25, 0.3) is 11.8 Å². The summed E-state index contributed by atoms with van der Waals surface area (Å²) in [5.74, 6) is -0.310. The maximum absolute atomic E-state index is 12.7. The zero-order chi connectivity index (χ0) is 18.7. The predicted octanol–water partition coefficient (Wildman–Crippen LogP) is 1.73. The summed E-state index contributed by atoms with van der Waals surface area (Å²) in [5.41, 5.74) is 2.81. The van der Waals surface area contributed by atoms with E-state index in [1.165, 1.54) is 0 Å². The number of phenolic OH excluding ortho intramolecular Hbond substituents is 1. The molecule has 1 heterocycles. The normalized spacial score (nSPS) is 13.4. The van der Waals surface area contributed by atoms with E-state index in [1.807, 2.05) is 49.3 Å². The highest BCUT2D eigenvalue weighted by atomic mass is 16.5. The minimum absolute atomic E-state index is 0.107. The van der Waals surface area contributed by atoms with Crippen molar-refractivity contribution in [2.45, 2.75) is 13.3 Å². The van der Waals surface area contributed by atoms with E-state index in [2.05, 4.69) is 4.99 Å². The summed E-state index contributed by atoms with van der Waals surface area (Å²) < 4.78 is 5.28. The Morgan fingerprint density at radius 3 is 2.58 bits per heavy atom. The fraction of sp³-hybridized carbons (Fsp3) is 0.238. The summed E-state index contributed by atoms with van der Waals surface area (Å²) in [4.78, 5) is 19.2. The summed E-state index contributed by atoms with van der Waals surface area (Å²) in [7, 11) is 3.73. The first-order valence-electron chi connectivity index (χ1n) is 8.54. The molecule has 3 rings (SSSR count). The number of ether oxygens (including phenoxy) is 1. The van der Waals surface area contributed by atoms with Crippen molar-refractivity contribution >= 4 is 29.1 Å². The van der Waals surface area contributed by atoms with Gasteiger partial charge in [-0.05, 0) is 24.6 Å². The van der Waals surface area contributed by atoms with Crippen LogP contribution in [-0.4, -0.2) is 42.4 Å². The van der Waals surface area contributed by atoms with Crippen LogP contribution in [0.4, 0.5) is 5.69 Å². The maximum atomic E-state index is 12.7. The van der Waals surface area contributed by atoms with Crippen molar-refractivity contribution in [2.75, 3.05) is 20.7 Å². The number of benzene rings is 2. The van der Waals surface area contributed by atoms with Crippen molar-refractivity contribution in [3.05, 3.63) is 58.5 Å². The van der Waals surface area contributed by atoms with Gasteiger partial charge in [0.05, 0.1) is 23.6 Å². The summed E-state index contributed by atoms with van der Waals surface area (Å²) >= 11 is 0. The zero-order valence-electron chi connectivity index (χ0n) is 15.2. The molecule has 26 heavy (non-hydrogen) atoms. The second kappa shape index (κ2) is 7.44. The number of aliphatic imine (C=N–C) groups is 1. The van der Waals surface area contributed by atoms with Gasteiger partial charge in [0.25, 0.3) is 0 Å². The van der Waals surface area contributed by atoms with Crippen LogP contribution in [0.15, 0.2) is 47.5 Å². The minimum atomic E-state index is -0.417. The molecule has 0 amide bonds. The molecule has 1 aliphatic rings. The lowest BCUT2D eigenvalue weighted by molar-refractivity contribution is -0.135. The SMILES string of the molecule is CCOC(=O)C1=c2c(ccc(O)c2=CN(C)C)N=C1Cc1ccccc1. The smallest absolute Gasteiger partial charge is 0.340 e. The summed E-state index contributed by atoms with van der Waals surface area (Å²) in [6, 6.07) is 13.2. The molecule has 2 aromatic carbocycles. The van der Waals surface area contributed by atoms with Crippen LogP contribution in [0.1, 0.15) is 12.5 Å². The molecule has 0 saturated carbocycles. The largest absolute Gasteiger partial charge is 0.507 e. The Morgan fingerprint density at radius 1 is 1.19 bits per heavy atom. The lowest BCUT2D eigenvalue weighted by atomic mass is 10.0. The van der Waals surface area contributed by atoms with Gasteiger partial charge in [-0.1, -0.05) is 30.3 Å². The predicted molar refractivity (Wildman–Crippen MR) is 103 cm³/mol. The molecule has 0 radical (unpaired) electrons. The Bertz CT molecular complexity index is 976. The van der Waals surface area contributed by atoms with Crippen LogP contribution in [0, 0.1) is 0 Å². The average Bonchev–Trinajstić information content (AvgIpc) is 2.96. The van der Waals surface area contributed by atoms with Crippen molar-refractivity contribution in [2.24, 2.45) is 4.99 Å². The molecule has 0 fully saturated rings. The van der Waals surface area contributed by atoms with E-state index in [0.29, 0.717) is 33.8 Å². The van der Waals surface area contributed by atoms with Gasteiger partial charge in [-0.15, -0.1) is 0 Å². The van der Waals surface area contributed by atoms with Crippen molar-refractivity contribution < 1.29 is 14.6 Å². The number of carbonyl (C=O) groups is 1. The van der Waals surface area contributed by atoms with E-state index < -0.39 is 5.97 Å². The van der Waals surface area contributed by atoms with Crippen LogP contribution in [0.5, 0.6) is 5.75 Å². The van der Waals surface area contributed by atoms with E-state index >= 15 is 0 Å². The average molecular weight is 350 g/mol. The van der Waals surface area contributed by atoms with E-state index in [0.717, 1.165) is 5.56 Å². The van der Waals surface area contributed by atoms with Gasteiger partial charge in [-0.2, -0.15) is 0 Å². The fourth-order valence-corrected chi connectivity index (χ4v) is 3.03. The fourth-order valence-electron chi connectivity index (χ4n) is 3.03. The van der Waals surface area contributed by atoms with Gasteiger partial charge in [0.1, 0.15) is 5.75 Å². The Labute approximate surface area is 152 Å². The van der Waals surface area contributed by atoms with Crippen LogP contribution in [0.3, 0.4) is 0 Å². The second-order valence-corrected chi connectivity index (χ2v) is 6.30. The first kappa shape index (κ1) is 17.7. The molecule has 0 unspecified atom stereocenters. The molecule has 5 heteroatoms. The Hall–Kier alpha value is -3.08. The van der Waals surface area contributed by atoms with Crippen LogP contribution >= 0.6 is 0 Å². The van der Waals surface area contributed by atoms with Gasteiger partial charge in [-0.25, -0.2) is 4.79 Å². The number of aromatic hydroxyl groups is 1. The second-order valence-electron chi connectivity index (χ2n) is 6.30. The summed E-state index contributed by atoms with van der Waals surface area (Å²) in [5, 5.41) is 11.6. The van der Waals surface area contributed by atoms with Crippen LogP contribution < -0.4 is 10.4 Å². The molecule has 0 spiro atoms. The first-order chi connectivity index (χ1) is 12.5. The zero-order valence-corrected chi connectivity index (χ0v) is 15.2. The summed E-state index contributed by atoms with van der Waals surface area (Å²) in [6.07, 6.45) is 2.31. The van der Waals surface area contributed by atoms with Crippen LogP contribution in [0.2, 0.25) is 0 Å². The van der Waals surface area contributed by atoms with Gasteiger partial charge in [-0.3, -0.25) is 4.99 Å². The first-order valence-corrected chi connectivity index (χ1v) is 8.54. The molecule has 0 saturated heterocycles. The molecule has 0 aliphatic carbocycles. The molecular formula is C21H22N2O3. The van der Waals surface area contributed by atoms with Crippen molar-refractivity contribution in [1.82, 2.24) is 4.90 Å². The van der Waals surface area contributed by atoms with E-state index in [9.17, 15) is 9.90 Å². The van der Waals surface area contributed by atoms with Gasteiger partial charge in [0.2, 0.25) is 0 Å². The molecular weight excluding hydrogens is 328 g/mol. The van der Waals surface area contributed by atoms with E-state index in [-0.39, 0.29) is 12.4 Å². The Balaban J connectivity index is 2.23. The Kier molecular flexibility index (Phi) is 5.07. The van der Waals surface area contributed by atoms with Gasteiger partial charge in [0.15, 0.2) is 0 Å². The van der Waals surface area contributed by atoms with Crippen molar-refractivity contribution in [1.29, 1.82) is 0 Å². The quantitative estimate of drug-likeness (QED) is 0.835. The number of rotatable bonds is 5. The van der Waals surface area contributed by atoms with E-state index in [4.69, 9.17) is 4.74 Å². The number of phenols is 1. The molecule has 0 bridgehead atoms. The molecule has 1 aliphatic heterocycles. The number of hydrogen-bond acceptors (Lipinski definition) is 5. The van der Waals surface area contributed by atoms with Gasteiger partial charge in [0, 0.05) is 37.2 Å². The monoisotopic (exact) mass is 350 g/mol. The number of nitrogens with zero attached hydrogens (tertiary/aromatic N) is 2. The van der Waals surface area contributed by atoms with E-state index in [1.54, 1.807) is 25.3 Å². The molecule has 5 nitrogen and oxygen atoms in total. The molecule has 0 atom stereocenters. The highest BCUT2D eigenvalue weighted by Gasteiger charge is 2.26. The third kappa shape index (κ3) is 3.47. The topological polar surface area (TPSA) is 62.1 Å². The number of hydrogen-bond donors (Lipinski definition) is 1. The minimum Gasteiger partial charge on any atom is -0.507 e. The van der Waals surface area contributed by atoms with Gasteiger partial charge >= 0.3 is 5.97 Å². The standard InChI is InChI=1S/C21H22N2O3/c1-4-26-21(25)20-17(12-14-8-6-5-7-9-14)22-16-10-11-18(24)15(19(16)20)13-23(2)3/h5-11,13,24H,4,12H2,1-3H3. The number of carbonyl (C=O) groups excluding carboxylic acids is 1. The highest BCUT2D eigenvalue weighted by Crippen LogP contribution is 2.21. The van der Waals surface area contributed by atoms with Gasteiger partial charge < -0.3 is 14.7 Å². The molecule has 134 valence electrons. The van der Waals surface area contributed by atoms with Crippen molar-refractivity contribution in [3.63, 3.8) is 0 Å². The Morgan fingerprint density at radius 2 is 1.92 bits per heavy atom. The lowest BCUT2D eigenvalue weighted by Gasteiger charge is -2.08. The number of fused-ring (bicyclic) bond motifs is 1. The lowest BCUT2D eigenvalue weighted by Crippen LogP contribution is -2.32. The van der Waals surface area contributed by atoms with Crippen LogP contribution in [-0.2, 0) is 16.0 Å². The molecule has 1 N–H and O–H groups in total. The molecule has 2 aromatic rings.